The SMILES string of the molecule is CCCCCCCCCCCCCCCC(=O)OC(c1ccc([N+](=O)[O-])cc1)C(CO)NC(=O)C(Cl)Cl. The average molecular weight is 562 g/mol. The summed E-state index contributed by atoms with van der Waals surface area (Å²) in [6.07, 6.45) is 14.6. The second-order valence-corrected chi connectivity index (χ2v) is 10.4. The fraction of sp³-hybridized carbons (Fsp3) is 0.704. The molecule has 1 aromatic carbocycles. The van der Waals surface area contributed by atoms with Gasteiger partial charge in [-0.25, -0.2) is 0 Å². The number of benzene rings is 1. The maximum Gasteiger partial charge on any atom is 0.306 e. The number of esters is 1. The minimum atomic E-state index is -1.37. The number of aliphatic hydroxyl groups excluding tert-OH is 1. The number of hydrogen-bond donors (Lipinski definition) is 2. The van der Waals surface area contributed by atoms with Crippen molar-refractivity contribution in [2.75, 3.05) is 6.61 Å². The molecule has 0 aliphatic heterocycles. The van der Waals surface area contributed by atoms with Crippen LogP contribution in [0.3, 0.4) is 0 Å². The van der Waals surface area contributed by atoms with E-state index in [0.29, 0.717) is 12.0 Å². The van der Waals surface area contributed by atoms with Crippen LogP contribution in [0.2, 0.25) is 0 Å². The van der Waals surface area contributed by atoms with E-state index in [1.54, 1.807) is 0 Å². The molecule has 1 aromatic rings. The molecule has 0 bridgehead atoms. The third-order valence-corrected chi connectivity index (χ3v) is 6.66. The zero-order valence-electron chi connectivity index (χ0n) is 21.8. The first kappa shape index (κ1) is 33.1. The van der Waals surface area contributed by atoms with E-state index in [9.17, 15) is 24.8 Å². The molecule has 10 heteroatoms. The molecule has 0 aliphatic carbocycles. The summed E-state index contributed by atoms with van der Waals surface area (Å²) in [6, 6.07) is 4.36. The topological polar surface area (TPSA) is 119 Å². The number of aliphatic hydroxyl groups is 1. The van der Waals surface area contributed by atoms with Gasteiger partial charge in [0.05, 0.1) is 17.6 Å². The number of ether oxygens (including phenoxy) is 1. The van der Waals surface area contributed by atoms with Crippen LogP contribution in [-0.4, -0.2) is 39.4 Å². The lowest BCUT2D eigenvalue weighted by Crippen LogP contribution is -2.45. The second-order valence-electron chi connectivity index (χ2n) is 9.35. The monoisotopic (exact) mass is 560 g/mol. The molecule has 2 atom stereocenters. The number of nitro benzene ring substituents is 1. The first-order valence-corrected chi connectivity index (χ1v) is 14.3. The molecule has 2 N–H and O–H groups in total. The predicted molar refractivity (Wildman–Crippen MR) is 147 cm³/mol. The number of non-ortho nitro benzene ring substituents is 1. The van der Waals surface area contributed by atoms with Gasteiger partial charge < -0.3 is 15.2 Å². The van der Waals surface area contributed by atoms with Crippen LogP contribution in [-0.2, 0) is 14.3 Å². The van der Waals surface area contributed by atoms with Gasteiger partial charge in [0.15, 0.2) is 4.84 Å². The number of halogens is 2. The van der Waals surface area contributed by atoms with Crippen LogP contribution in [0.5, 0.6) is 0 Å². The van der Waals surface area contributed by atoms with Crippen LogP contribution in [0.4, 0.5) is 5.69 Å². The lowest BCUT2D eigenvalue weighted by molar-refractivity contribution is -0.384. The highest BCUT2D eigenvalue weighted by Crippen LogP contribution is 2.25. The quantitative estimate of drug-likeness (QED) is 0.0552. The molecule has 0 fully saturated rings. The van der Waals surface area contributed by atoms with Gasteiger partial charge >= 0.3 is 5.97 Å². The van der Waals surface area contributed by atoms with E-state index in [1.165, 1.54) is 82.1 Å². The number of carbonyl (C=O) groups is 2. The molecule has 0 aromatic heterocycles. The molecular weight excluding hydrogens is 519 g/mol. The lowest BCUT2D eigenvalue weighted by atomic mass is 10.0. The Morgan fingerprint density at radius 1 is 0.919 bits per heavy atom. The maximum absolute atomic E-state index is 12.6. The van der Waals surface area contributed by atoms with Crippen LogP contribution in [0.1, 0.15) is 108 Å². The van der Waals surface area contributed by atoms with Crippen LogP contribution in [0.15, 0.2) is 24.3 Å². The molecule has 210 valence electrons. The van der Waals surface area contributed by atoms with E-state index in [0.717, 1.165) is 19.3 Å². The third kappa shape index (κ3) is 14.6. The molecule has 0 aliphatic rings. The van der Waals surface area contributed by atoms with Gasteiger partial charge in [0.2, 0.25) is 0 Å². The zero-order valence-corrected chi connectivity index (χ0v) is 23.4. The van der Waals surface area contributed by atoms with Crippen molar-refractivity contribution >= 4 is 40.8 Å². The summed E-state index contributed by atoms with van der Waals surface area (Å²) in [5.74, 6) is -1.23. The van der Waals surface area contributed by atoms with E-state index in [4.69, 9.17) is 27.9 Å². The Balaban J connectivity index is 2.47. The van der Waals surface area contributed by atoms with Crippen molar-refractivity contribution < 1.29 is 24.4 Å². The Hall–Kier alpha value is -1.90. The maximum atomic E-state index is 12.6. The Bertz CT molecular complexity index is 792. The van der Waals surface area contributed by atoms with E-state index in [2.05, 4.69) is 12.2 Å². The molecular formula is C27H42Cl2N2O6. The Morgan fingerprint density at radius 2 is 1.41 bits per heavy atom. The molecule has 2 unspecified atom stereocenters. The molecule has 0 radical (unpaired) electrons. The first-order chi connectivity index (χ1) is 17.8. The second kappa shape index (κ2) is 20.1. The normalized spacial score (nSPS) is 12.8. The summed E-state index contributed by atoms with van der Waals surface area (Å²) in [6.45, 7) is 1.68. The van der Waals surface area contributed by atoms with Gasteiger partial charge in [0, 0.05) is 18.6 Å². The average Bonchev–Trinajstić information content (AvgIpc) is 2.88. The number of nitrogens with zero attached hydrogens (tertiary/aromatic N) is 1. The Morgan fingerprint density at radius 3 is 1.84 bits per heavy atom. The van der Waals surface area contributed by atoms with Crippen LogP contribution >= 0.6 is 23.2 Å². The van der Waals surface area contributed by atoms with Gasteiger partial charge in [0.1, 0.15) is 6.10 Å². The number of alkyl halides is 2. The predicted octanol–water partition coefficient (Wildman–Crippen LogP) is 6.94. The lowest BCUT2D eigenvalue weighted by Gasteiger charge is -2.27. The third-order valence-electron chi connectivity index (χ3n) is 6.26. The van der Waals surface area contributed by atoms with Gasteiger partial charge in [-0.3, -0.25) is 19.7 Å². The fourth-order valence-corrected chi connectivity index (χ4v) is 4.24. The standard InChI is InChI=1S/C27H42Cl2N2O6/c1-2-3-4-5-6-7-8-9-10-11-12-13-14-15-24(33)37-25(23(20-32)30-27(34)26(28)29)21-16-18-22(19-17-21)31(35)36/h16-19,23,25-26,32H,2-15,20H2,1H3,(H,30,34). The number of carbonyl (C=O) groups excluding carboxylic acids is 2. The summed E-state index contributed by atoms with van der Waals surface area (Å²) in [5, 5.41) is 23.3. The van der Waals surface area contributed by atoms with Crippen molar-refractivity contribution in [2.45, 2.75) is 114 Å². The van der Waals surface area contributed by atoms with Gasteiger partial charge in [-0.1, -0.05) is 107 Å². The zero-order chi connectivity index (χ0) is 27.5. The smallest absolute Gasteiger partial charge is 0.306 e. The van der Waals surface area contributed by atoms with Crippen molar-refractivity contribution in [3.63, 3.8) is 0 Å². The highest BCUT2D eigenvalue weighted by atomic mass is 35.5. The first-order valence-electron chi connectivity index (χ1n) is 13.4. The van der Waals surface area contributed by atoms with Gasteiger partial charge in [-0.2, -0.15) is 0 Å². The van der Waals surface area contributed by atoms with Gasteiger partial charge in [0.25, 0.3) is 11.6 Å². The molecule has 0 saturated heterocycles. The largest absolute Gasteiger partial charge is 0.455 e. The van der Waals surface area contributed by atoms with E-state index in [-0.39, 0.29) is 12.1 Å². The molecule has 0 spiro atoms. The number of hydrogen-bond acceptors (Lipinski definition) is 6. The molecule has 8 nitrogen and oxygen atoms in total. The fourth-order valence-electron chi connectivity index (χ4n) is 4.12. The highest BCUT2D eigenvalue weighted by Gasteiger charge is 2.30. The minimum Gasteiger partial charge on any atom is -0.455 e. The number of nitrogens with one attached hydrogen (secondary N) is 1. The number of unbranched alkanes of at least 4 members (excludes halogenated alkanes) is 12. The summed E-state index contributed by atoms with van der Waals surface area (Å²) >= 11 is 11.2. The van der Waals surface area contributed by atoms with Gasteiger partial charge in [-0.15, -0.1) is 0 Å². The van der Waals surface area contributed by atoms with Gasteiger partial charge in [-0.05, 0) is 24.1 Å². The summed E-state index contributed by atoms with van der Waals surface area (Å²) in [7, 11) is 0. The Kier molecular flexibility index (Phi) is 18.0. The summed E-state index contributed by atoms with van der Waals surface area (Å²) < 4.78 is 5.61. The number of nitro groups is 1. The molecule has 1 amide bonds. The van der Waals surface area contributed by atoms with Crippen LogP contribution in [0.25, 0.3) is 0 Å². The molecule has 37 heavy (non-hydrogen) atoms. The van der Waals surface area contributed by atoms with E-state index in [1.807, 2.05) is 0 Å². The van der Waals surface area contributed by atoms with E-state index < -0.39 is 40.4 Å². The number of rotatable bonds is 21. The van der Waals surface area contributed by atoms with Crippen molar-refractivity contribution in [1.29, 1.82) is 0 Å². The van der Waals surface area contributed by atoms with Crippen molar-refractivity contribution in [3.05, 3.63) is 39.9 Å². The summed E-state index contributed by atoms with van der Waals surface area (Å²) in [4.78, 5) is 33.6. The summed E-state index contributed by atoms with van der Waals surface area (Å²) in [5.41, 5.74) is 0.260. The minimum absolute atomic E-state index is 0.132. The molecule has 0 heterocycles. The molecule has 0 saturated carbocycles. The van der Waals surface area contributed by atoms with Crippen molar-refractivity contribution in [2.24, 2.45) is 0 Å². The van der Waals surface area contributed by atoms with E-state index >= 15 is 0 Å². The Labute approximate surface area is 230 Å². The molecule has 1 rings (SSSR count). The van der Waals surface area contributed by atoms with Crippen molar-refractivity contribution in [3.8, 4) is 0 Å². The van der Waals surface area contributed by atoms with Crippen LogP contribution < -0.4 is 5.32 Å². The highest BCUT2D eigenvalue weighted by molar-refractivity contribution is 6.53. The van der Waals surface area contributed by atoms with Crippen LogP contribution in [0, 0.1) is 10.1 Å². The van der Waals surface area contributed by atoms with Crippen molar-refractivity contribution in [1.82, 2.24) is 5.32 Å². The number of amides is 1.